The largest absolute Gasteiger partial charge is 0.369 e. The first kappa shape index (κ1) is 13.1. The second-order valence-corrected chi connectivity index (χ2v) is 5.47. The van der Waals surface area contributed by atoms with Gasteiger partial charge in [-0.2, -0.15) is 0 Å². The van der Waals surface area contributed by atoms with Gasteiger partial charge in [-0.1, -0.05) is 30.3 Å². The summed E-state index contributed by atoms with van der Waals surface area (Å²) in [7, 11) is 0. The highest BCUT2D eigenvalue weighted by atomic mass is 79.9. The SMILES string of the molecule is Nc1nc2cc(Br)c(F)cc2n1CCc1ccccc1. The monoisotopic (exact) mass is 333 g/mol. The van der Waals surface area contributed by atoms with Gasteiger partial charge in [0, 0.05) is 12.6 Å². The molecule has 0 aliphatic carbocycles. The lowest BCUT2D eigenvalue weighted by atomic mass is 10.1. The highest BCUT2D eigenvalue weighted by Gasteiger charge is 2.11. The van der Waals surface area contributed by atoms with Crippen molar-refractivity contribution in [3.05, 3.63) is 58.3 Å². The van der Waals surface area contributed by atoms with Crippen molar-refractivity contribution in [3.63, 3.8) is 0 Å². The van der Waals surface area contributed by atoms with Crippen LogP contribution in [0, 0.1) is 5.82 Å². The fourth-order valence-electron chi connectivity index (χ4n) is 2.26. The number of imidazole rings is 1. The molecule has 0 atom stereocenters. The Labute approximate surface area is 124 Å². The molecule has 3 nitrogen and oxygen atoms in total. The van der Waals surface area contributed by atoms with Crippen LogP contribution in [0.25, 0.3) is 11.0 Å². The molecule has 0 spiro atoms. The number of hydrogen-bond donors (Lipinski definition) is 1. The molecular formula is C15H13BrFN3. The summed E-state index contributed by atoms with van der Waals surface area (Å²) in [5, 5.41) is 0. The zero-order valence-electron chi connectivity index (χ0n) is 10.7. The van der Waals surface area contributed by atoms with Crippen LogP contribution in [0.4, 0.5) is 10.3 Å². The number of benzene rings is 2. The minimum Gasteiger partial charge on any atom is -0.369 e. The van der Waals surface area contributed by atoms with E-state index in [2.05, 4.69) is 33.0 Å². The average molecular weight is 334 g/mol. The van der Waals surface area contributed by atoms with Crippen LogP contribution in [-0.2, 0) is 13.0 Å². The number of rotatable bonds is 3. The molecule has 1 heterocycles. The maximum absolute atomic E-state index is 13.7. The van der Waals surface area contributed by atoms with E-state index in [0.717, 1.165) is 11.9 Å². The van der Waals surface area contributed by atoms with E-state index < -0.39 is 0 Å². The zero-order chi connectivity index (χ0) is 14.1. The Balaban J connectivity index is 1.95. The minimum atomic E-state index is -0.307. The van der Waals surface area contributed by atoms with Crippen molar-refractivity contribution in [1.82, 2.24) is 9.55 Å². The van der Waals surface area contributed by atoms with Gasteiger partial charge in [0.2, 0.25) is 5.95 Å². The van der Waals surface area contributed by atoms with Crippen LogP contribution in [-0.4, -0.2) is 9.55 Å². The molecule has 0 saturated carbocycles. The second kappa shape index (κ2) is 5.25. The molecule has 0 amide bonds. The van der Waals surface area contributed by atoms with Crippen LogP contribution >= 0.6 is 15.9 Å². The molecular weight excluding hydrogens is 321 g/mol. The van der Waals surface area contributed by atoms with Gasteiger partial charge in [-0.25, -0.2) is 9.37 Å². The predicted molar refractivity (Wildman–Crippen MR) is 81.9 cm³/mol. The number of fused-ring (bicyclic) bond motifs is 1. The first-order valence-corrected chi connectivity index (χ1v) is 7.09. The molecule has 2 aromatic carbocycles. The van der Waals surface area contributed by atoms with Gasteiger partial charge < -0.3 is 10.3 Å². The minimum absolute atomic E-state index is 0.307. The number of nitrogens with zero attached hydrogens (tertiary/aromatic N) is 2. The molecule has 0 saturated heterocycles. The van der Waals surface area contributed by atoms with Gasteiger partial charge in [-0.15, -0.1) is 0 Å². The van der Waals surface area contributed by atoms with E-state index in [1.165, 1.54) is 11.6 Å². The lowest BCUT2D eigenvalue weighted by Crippen LogP contribution is -2.05. The Morgan fingerprint density at radius 1 is 1.20 bits per heavy atom. The molecule has 3 rings (SSSR count). The van der Waals surface area contributed by atoms with E-state index >= 15 is 0 Å². The van der Waals surface area contributed by atoms with Crippen molar-refractivity contribution in [2.45, 2.75) is 13.0 Å². The third kappa shape index (κ3) is 2.41. The van der Waals surface area contributed by atoms with E-state index in [4.69, 9.17) is 5.73 Å². The summed E-state index contributed by atoms with van der Waals surface area (Å²) in [5.74, 6) is 0.104. The summed E-state index contributed by atoms with van der Waals surface area (Å²) in [4.78, 5) is 4.27. The first-order valence-electron chi connectivity index (χ1n) is 6.30. The summed E-state index contributed by atoms with van der Waals surface area (Å²) >= 11 is 3.16. The molecule has 3 aromatic rings. The van der Waals surface area contributed by atoms with Crippen molar-refractivity contribution in [1.29, 1.82) is 0 Å². The van der Waals surface area contributed by atoms with Crippen LogP contribution in [0.1, 0.15) is 5.56 Å². The number of hydrogen-bond acceptors (Lipinski definition) is 2. The number of nitrogen functional groups attached to an aromatic ring is 1. The van der Waals surface area contributed by atoms with E-state index in [1.807, 2.05) is 22.8 Å². The molecule has 20 heavy (non-hydrogen) atoms. The quantitative estimate of drug-likeness (QED) is 0.793. The van der Waals surface area contributed by atoms with Crippen molar-refractivity contribution in [3.8, 4) is 0 Å². The lowest BCUT2D eigenvalue weighted by Gasteiger charge is -2.07. The Morgan fingerprint density at radius 3 is 2.70 bits per heavy atom. The van der Waals surface area contributed by atoms with Crippen LogP contribution in [0.2, 0.25) is 0 Å². The maximum atomic E-state index is 13.7. The predicted octanol–water partition coefficient (Wildman–Crippen LogP) is 3.76. The standard InChI is InChI=1S/C15H13BrFN3/c16-11-8-13-14(9-12(11)17)20(15(18)19-13)7-6-10-4-2-1-3-5-10/h1-5,8-9H,6-7H2,(H2,18,19). The van der Waals surface area contributed by atoms with Gasteiger partial charge in [0.15, 0.2) is 0 Å². The van der Waals surface area contributed by atoms with Crippen molar-refractivity contribution in [2.75, 3.05) is 5.73 Å². The van der Waals surface area contributed by atoms with Gasteiger partial charge in [0.05, 0.1) is 15.5 Å². The molecule has 0 bridgehead atoms. The van der Waals surface area contributed by atoms with Gasteiger partial charge in [-0.05, 0) is 34.0 Å². The summed E-state index contributed by atoms with van der Waals surface area (Å²) in [6.45, 7) is 0.674. The Kier molecular flexibility index (Phi) is 3.44. The molecule has 5 heteroatoms. The Morgan fingerprint density at radius 2 is 1.95 bits per heavy atom. The zero-order valence-corrected chi connectivity index (χ0v) is 12.3. The second-order valence-electron chi connectivity index (χ2n) is 4.61. The normalized spacial score (nSPS) is 11.1. The molecule has 0 aliphatic rings. The highest BCUT2D eigenvalue weighted by Crippen LogP contribution is 2.25. The summed E-state index contributed by atoms with van der Waals surface area (Å²) < 4.78 is 15.9. The van der Waals surface area contributed by atoms with E-state index in [1.54, 1.807) is 6.07 Å². The van der Waals surface area contributed by atoms with Gasteiger partial charge in [0.25, 0.3) is 0 Å². The fourth-order valence-corrected chi connectivity index (χ4v) is 2.59. The molecule has 102 valence electrons. The molecule has 0 radical (unpaired) electrons. The lowest BCUT2D eigenvalue weighted by molar-refractivity contribution is 0.621. The summed E-state index contributed by atoms with van der Waals surface area (Å²) in [6, 6.07) is 13.2. The summed E-state index contributed by atoms with van der Waals surface area (Å²) in [6.07, 6.45) is 0.828. The third-order valence-electron chi connectivity index (χ3n) is 3.29. The molecule has 2 N–H and O–H groups in total. The number of nitrogens with two attached hydrogens (primary N) is 1. The molecule has 0 aliphatic heterocycles. The number of aryl methyl sites for hydroxylation is 2. The van der Waals surface area contributed by atoms with Gasteiger partial charge in [-0.3, -0.25) is 0 Å². The highest BCUT2D eigenvalue weighted by molar-refractivity contribution is 9.10. The number of halogens is 2. The fraction of sp³-hybridized carbons (Fsp3) is 0.133. The molecule has 1 aromatic heterocycles. The first-order chi connectivity index (χ1) is 9.65. The Hall–Kier alpha value is -1.88. The topological polar surface area (TPSA) is 43.8 Å². The van der Waals surface area contributed by atoms with Crippen molar-refractivity contribution < 1.29 is 4.39 Å². The molecule has 0 fully saturated rings. The van der Waals surface area contributed by atoms with Crippen LogP contribution < -0.4 is 5.73 Å². The van der Waals surface area contributed by atoms with E-state index in [-0.39, 0.29) is 5.82 Å². The van der Waals surface area contributed by atoms with Crippen LogP contribution in [0.5, 0.6) is 0 Å². The maximum Gasteiger partial charge on any atom is 0.201 e. The number of aromatic nitrogens is 2. The van der Waals surface area contributed by atoms with Crippen LogP contribution in [0.3, 0.4) is 0 Å². The third-order valence-corrected chi connectivity index (χ3v) is 3.89. The summed E-state index contributed by atoms with van der Waals surface area (Å²) in [5.41, 5.74) is 8.57. The van der Waals surface area contributed by atoms with Gasteiger partial charge >= 0.3 is 0 Å². The van der Waals surface area contributed by atoms with Crippen molar-refractivity contribution >= 4 is 32.9 Å². The van der Waals surface area contributed by atoms with Crippen molar-refractivity contribution in [2.24, 2.45) is 0 Å². The van der Waals surface area contributed by atoms with Crippen LogP contribution in [0.15, 0.2) is 46.9 Å². The Bertz CT molecular complexity index is 753. The van der Waals surface area contributed by atoms with Gasteiger partial charge in [0.1, 0.15) is 5.82 Å². The number of anilines is 1. The molecule has 0 unspecified atom stereocenters. The van der Waals surface area contributed by atoms with E-state index in [0.29, 0.717) is 22.5 Å². The average Bonchev–Trinajstić information content (AvgIpc) is 2.73. The smallest absolute Gasteiger partial charge is 0.201 e. The van der Waals surface area contributed by atoms with E-state index in [9.17, 15) is 4.39 Å².